The minimum atomic E-state index is -0.491. The molecule has 0 fully saturated rings. The van der Waals surface area contributed by atoms with Crippen LogP contribution in [0.3, 0.4) is 0 Å². The van der Waals surface area contributed by atoms with Crippen molar-refractivity contribution < 1.29 is 18.4 Å². The minimum absolute atomic E-state index is 0.0457. The largest absolute Gasteiger partial charge is 0.456 e. The van der Waals surface area contributed by atoms with E-state index in [9.17, 15) is 9.18 Å². The Balaban J connectivity index is 1.59. The topological polar surface area (TPSA) is 52.3 Å². The molecule has 4 nitrogen and oxygen atoms in total. The number of ether oxygens (including phenoxy) is 1. The van der Waals surface area contributed by atoms with Gasteiger partial charge >= 0.3 is 5.97 Å². The molecule has 0 aliphatic rings. The molecule has 0 N–H and O–H groups in total. The SMILES string of the molecule is O=C(/C=C\c1ccccc1)OCc1cc(-c2ccccc2F)on1. The van der Waals surface area contributed by atoms with Crippen LogP contribution in [0.15, 0.2) is 71.3 Å². The molecule has 2 aromatic carbocycles. The molecule has 0 spiro atoms. The van der Waals surface area contributed by atoms with Gasteiger partial charge in [0.2, 0.25) is 0 Å². The second-order valence-corrected chi connectivity index (χ2v) is 5.01. The van der Waals surface area contributed by atoms with Crippen molar-refractivity contribution in [1.82, 2.24) is 5.16 Å². The van der Waals surface area contributed by atoms with Gasteiger partial charge in [0.25, 0.3) is 0 Å². The van der Waals surface area contributed by atoms with Crippen molar-refractivity contribution in [3.63, 3.8) is 0 Å². The van der Waals surface area contributed by atoms with Crippen LogP contribution in [-0.4, -0.2) is 11.1 Å². The maximum atomic E-state index is 13.7. The van der Waals surface area contributed by atoms with E-state index in [4.69, 9.17) is 9.26 Å². The number of esters is 1. The molecule has 0 saturated carbocycles. The molecule has 0 radical (unpaired) electrons. The van der Waals surface area contributed by atoms with Crippen LogP contribution in [0.2, 0.25) is 0 Å². The quantitative estimate of drug-likeness (QED) is 0.520. The van der Waals surface area contributed by atoms with Crippen molar-refractivity contribution in [2.75, 3.05) is 0 Å². The molecule has 3 rings (SSSR count). The predicted octanol–water partition coefficient (Wildman–Crippen LogP) is 4.24. The molecule has 0 saturated heterocycles. The zero-order valence-corrected chi connectivity index (χ0v) is 12.7. The number of rotatable bonds is 5. The zero-order chi connectivity index (χ0) is 16.8. The van der Waals surface area contributed by atoms with Crippen molar-refractivity contribution in [3.8, 4) is 11.3 Å². The molecule has 0 unspecified atom stereocenters. The molecular formula is C19H14FNO3. The van der Waals surface area contributed by atoms with Crippen LogP contribution in [0, 0.1) is 5.82 Å². The van der Waals surface area contributed by atoms with Crippen molar-refractivity contribution in [3.05, 3.63) is 83.8 Å². The second kappa shape index (κ2) is 7.37. The lowest BCUT2D eigenvalue weighted by atomic mass is 10.1. The second-order valence-electron chi connectivity index (χ2n) is 5.01. The Labute approximate surface area is 138 Å². The van der Waals surface area contributed by atoms with E-state index in [-0.39, 0.29) is 6.61 Å². The van der Waals surface area contributed by atoms with Crippen LogP contribution in [0.1, 0.15) is 11.3 Å². The van der Waals surface area contributed by atoms with Crippen molar-refractivity contribution >= 4 is 12.0 Å². The smallest absolute Gasteiger partial charge is 0.331 e. The van der Waals surface area contributed by atoms with Crippen LogP contribution in [-0.2, 0) is 16.1 Å². The van der Waals surface area contributed by atoms with Gasteiger partial charge in [-0.3, -0.25) is 0 Å². The average Bonchev–Trinajstić information content (AvgIpc) is 3.08. The van der Waals surface area contributed by atoms with Crippen LogP contribution >= 0.6 is 0 Å². The molecule has 3 aromatic rings. The maximum Gasteiger partial charge on any atom is 0.331 e. The normalized spacial score (nSPS) is 10.9. The van der Waals surface area contributed by atoms with Crippen molar-refractivity contribution in [2.45, 2.75) is 6.61 Å². The maximum absolute atomic E-state index is 13.7. The van der Waals surface area contributed by atoms with Gasteiger partial charge in [-0.1, -0.05) is 47.6 Å². The number of benzene rings is 2. The van der Waals surface area contributed by atoms with Gasteiger partial charge in [-0.25, -0.2) is 9.18 Å². The predicted molar refractivity (Wildman–Crippen MR) is 87.2 cm³/mol. The first kappa shape index (κ1) is 15.7. The number of hydrogen-bond donors (Lipinski definition) is 0. The lowest BCUT2D eigenvalue weighted by Crippen LogP contribution is -2.00. The van der Waals surface area contributed by atoms with E-state index in [0.717, 1.165) is 5.56 Å². The first-order valence-corrected chi connectivity index (χ1v) is 7.33. The summed E-state index contributed by atoms with van der Waals surface area (Å²) < 4.78 is 23.9. The fourth-order valence-electron chi connectivity index (χ4n) is 2.09. The summed E-state index contributed by atoms with van der Waals surface area (Å²) in [5.41, 5.74) is 1.62. The lowest BCUT2D eigenvalue weighted by Gasteiger charge is -1.97. The van der Waals surface area contributed by atoms with Crippen LogP contribution < -0.4 is 0 Å². The third-order valence-corrected chi connectivity index (χ3v) is 3.27. The average molecular weight is 323 g/mol. The third kappa shape index (κ3) is 3.95. The molecule has 0 amide bonds. The number of aromatic nitrogens is 1. The molecule has 0 aliphatic carbocycles. The Morgan fingerprint density at radius 2 is 1.88 bits per heavy atom. The van der Waals surface area contributed by atoms with Crippen LogP contribution in [0.5, 0.6) is 0 Å². The van der Waals surface area contributed by atoms with E-state index in [0.29, 0.717) is 17.0 Å². The molecular weight excluding hydrogens is 309 g/mol. The summed E-state index contributed by atoms with van der Waals surface area (Å²) in [6.45, 7) is -0.0457. The molecule has 5 heteroatoms. The van der Waals surface area contributed by atoms with Gasteiger partial charge in [0, 0.05) is 12.1 Å². The third-order valence-electron chi connectivity index (χ3n) is 3.27. The molecule has 0 aliphatic heterocycles. The minimum Gasteiger partial charge on any atom is -0.456 e. The number of halogens is 1. The molecule has 0 bridgehead atoms. The number of hydrogen-bond acceptors (Lipinski definition) is 4. The van der Waals surface area contributed by atoms with E-state index in [1.165, 1.54) is 12.1 Å². The van der Waals surface area contributed by atoms with E-state index in [1.807, 2.05) is 30.3 Å². The van der Waals surface area contributed by atoms with E-state index in [1.54, 1.807) is 30.3 Å². The monoisotopic (exact) mass is 323 g/mol. The summed E-state index contributed by atoms with van der Waals surface area (Å²) in [7, 11) is 0. The summed E-state index contributed by atoms with van der Waals surface area (Å²) in [6.07, 6.45) is 3.00. The van der Waals surface area contributed by atoms with E-state index < -0.39 is 11.8 Å². The fraction of sp³-hybridized carbons (Fsp3) is 0.0526. The highest BCUT2D eigenvalue weighted by atomic mass is 19.1. The summed E-state index contributed by atoms with van der Waals surface area (Å²) in [4.78, 5) is 11.7. The van der Waals surface area contributed by atoms with Crippen LogP contribution in [0.4, 0.5) is 4.39 Å². The molecule has 120 valence electrons. The number of carbonyl (C=O) groups excluding carboxylic acids is 1. The Kier molecular flexibility index (Phi) is 4.81. The summed E-state index contributed by atoms with van der Waals surface area (Å²) in [5.74, 6) is -0.601. The van der Waals surface area contributed by atoms with E-state index >= 15 is 0 Å². The Bertz CT molecular complexity index is 856. The highest BCUT2D eigenvalue weighted by molar-refractivity contribution is 5.87. The van der Waals surface area contributed by atoms with Gasteiger partial charge in [0.1, 0.15) is 18.1 Å². The molecule has 24 heavy (non-hydrogen) atoms. The Hall–Kier alpha value is -3.21. The molecule has 0 atom stereocenters. The Morgan fingerprint density at radius 3 is 2.67 bits per heavy atom. The fourth-order valence-corrected chi connectivity index (χ4v) is 2.09. The first-order valence-electron chi connectivity index (χ1n) is 7.33. The van der Waals surface area contributed by atoms with Gasteiger partial charge in [-0.2, -0.15) is 0 Å². The standard InChI is InChI=1S/C19H14FNO3/c20-17-9-5-4-8-16(17)18-12-15(21-24-18)13-23-19(22)11-10-14-6-2-1-3-7-14/h1-12H,13H2/b11-10-. The first-order chi connectivity index (χ1) is 11.7. The zero-order valence-electron chi connectivity index (χ0n) is 12.7. The van der Waals surface area contributed by atoms with Gasteiger partial charge in [0.05, 0.1) is 5.56 Å². The van der Waals surface area contributed by atoms with Gasteiger partial charge in [0.15, 0.2) is 5.76 Å². The summed E-state index contributed by atoms with van der Waals surface area (Å²) in [6, 6.07) is 17.2. The van der Waals surface area contributed by atoms with Crippen molar-refractivity contribution in [2.24, 2.45) is 0 Å². The van der Waals surface area contributed by atoms with Crippen molar-refractivity contribution in [1.29, 1.82) is 0 Å². The molecule has 1 heterocycles. The highest BCUT2D eigenvalue weighted by Gasteiger charge is 2.11. The van der Waals surface area contributed by atoms with Crippen LogP contribution in [0.25, 0.3) is 17.4 Å². The highest BCUT2D eigenvalue weighted by Crippen LogP contribution is 2.23. The summed E-state index contributed by atoms with van der Waals surface area (Å²) in [5, 5.41) is 3.78. The lowest BCUT2D eigenvalue weighted by molar-refractivity contribution is -0.139. The van der Waals surface area contributed by atoms with Gasteiger partial charge in [-0.15, -0.1) is 0 Å². The Morgan fingerprint density at radius 1 is 1.12 bits per heavy atom. The van der Waals surface area contributed by atoms with Gasteiger partial charge < -0.3 is 9.26 Å². The van der Waals surface area contributed by atoms with E-state index in [2.05, 4.69) is 5.16 Å². The summed E-state index contributed by atoms with van der Waals surface area (Å²) >= 11 is 0. The number of carbonyl (C=O) groups is 1. The number of nitrogens with zero attached hydrogens (tertiary/aromatic N) is 1. The molecule has 1 aromatic heterocycles. The van der Waals surface area contributed by atoms with Gasteiger partial charge in [-0.05, 0) is 23.8 Å².